The molecule has 2 aromatic carbocycles. The van der Waals surface area contributed by atoms with Gasteiger partial charge in [0.15, 0.2) is 17.3 Å². The van der Waals surface area contributed by atoms with E-state index in [0.717, 1.165) is 5.56 Å². The van der Waals surface area contributed by atoms with Crippen LogP contribution in [0.25, 0.3) is 0 Å². The van der Waals surface area contributed by atoms with Crippen molar-refractivity contribution in [3.05, 3.63) is 97.4 Å². The second-order valence-electron chi connectivity index (χ2n) is 7.76. The number of aliphatic hydroxyl groups excluding tert-OH is 1. The molecule has 10 heteroatoms. The van der Waals surface area contributed by atoms with E-state index in [9.17, 15) is 24.8 Å². The number of ketones is 1. The molecular formula is C25H22N2O7S. The lowest BCUT2D eigenvalue weighted by molar-refractivity contribution is -0.384. The van der Waals surface area contributed by atoms with Gasteiger partial charge in [0.05, 0.1) is 35.6 Å². The summed E-state index contributed by atoms with van der Waals surface area (Å²) in [5.41, 5.74) is 1.18. The number of rotatable bonds is 9. The summed E-state index contributed by atoms with van der Waals surface area (Å²) in [6, 6.07) is 13.5. The zero-order chi connectivity index (χ0) is 25.1. The molecule has 1 aliphatic heterocycles. The molecule has 0 radical (unpaired) electrons. The third-order valence-electron chi connectivity index (χ3n) is 5.80. The second-order valence-corrected chi connectivity index (χ2v) is 8.71. The monoisotopic (exact) mass is 494 g/mol. The van der Waals surface area contributed by atoms with Gasteiger partial charge in [-0.3, -0.25) is 19.7 Å². The number of hydrogen-bond acceptors (Lipinski definition) is 8. The first-order valence-corrected chi connectivity index (χ1v) is 11.5. The number of nitro benzene ring substituents is 1. The number of amides is 1. The van der Waals surface area contributed by atoms with Crippen LogP contribution in [0.1, 0.15) is 26.8 Å². The van der Waals surface area contributed by atoms with Crippen LogP contribution in [-0.4, -0.2) is 47.4 Å². The maximum Gasteiger partial charge on any atom is 0.290 e. The van der Waals surface area contributed by atoms with Crippen molar-refractivity contribution in [3.8, 4) is 11.5 Å². The van der Waals surface area contributed by atoms with E-state index < -0.39 is 28.4 Å². The molecule has 1 aliphatic rings. The fourth-order valence-corrected chi connectivity index (χ4v) is 4.75. The molecule has 0 aliphatic carbocycles. The number of thiophene rings is 1. The molecule has 4 rings (SSSR count). The van der Waals surface area contributed by atoms with Crippen molar-refractivity contribution in [1.82, 2.24) is 4.90 Å². The smallest absolute Gasteiger partial charge is 0.290 e. The zero-order valence-corrected chi connectivity index (χ0v) is 19.8. The number of nitro groups is 1. The molecule has 0 bridgehead atoms. The standard InChI is InChI=1S/C25H22N2O7S/c1-33-18-10-5-15(14-19(18)34-2)11-12-26-22(16-6-8-17(9-7-16)27(31)32)21(24(29)25(26)30)23(28)20-4-3-13-35-20/h3-10,13-14,22,29H,11-12H2,1-2H3/t22-/m1/s1. The van der Waals surface area contributed by atoms with Crippen molar-refractivity contribution in [3.63, 3.8) is 0 Å². The molecule has 1 aromatic heterocycles. The van der Waals surface area contributed by atoms with E-state index in [-0.39, 0.29) is 17.8 Å². The number of carbonyl (C=O) groups is 2. The van der Waals surface area contributed by atoms with Gasteiger partial charge in [0, 0.05) is 18.7 Å². The average Bonchev–Trinajstić information content (AvgIpc) is 3.50. The van der Waals surface area contributed by atoms with Gasteiger partial charge in [0.1, 0.15) is 0 Å². The van der Waals surface area contributed by atoms with Gasteiger partial charge < -0.3 is 19.5 Å². The molecule has 35 heavy (non-hydrogen) atoms. The highest BCUT2D eigenvalue weighted by atomic mass is 32.1. The SMILES string of the molecule is COc1ccc(CCN2C(=O)C(O)=C(C(=O)c3cccs3)[C@H]2c2ccc([N+](=O)[O-])cc2)cc1OC. The first-order chi connectivity index (χ1) is 16.8. The summed E-state index contributed by atoms with van der Waals surface area (Å²) >= 11 is 1.20. The minimum Gasteiger partial charge on any atom is -0.503 e. The molecule has 1 N–H and O–H groups in total. The number of benzene rings is 2. The summed E-state index contributed by atoms with van der Waals surface area (Å²) in [5, 5.41) is 23.6. The van der Waals surface area contributed by atoms with E-state index >= 15 is 0 Å². The molecule has 0 saturated heterocycles. The normalized spacial score (nSPS) is 15.4. The van der Waals surface area contributed by atoms with Gasteiger partial charge in [-0.1, -0.05) is 12.1 Å². The molecule has 9 nitrogen and oxygen atoms in total. The molecule has 1 amide bonds. The Morgan fingerprint density at radius 1 is 1.11 bits per heavy atom. The van der Waals surface area contributed by atoms with E-state index in [1.807, 2.05) is 6.07 Å². The Balaban J connectivity index is 1.69. The molecule has 0 unspecified atom stereocenters. The average molecular weight is 495 g/mol. The number of Topliss-reactive ketones (excluding diaryl/α,β-unsaturated/α-hetero) is 1. The molecular weight excluding hydrogens is 472 g/mol. The van der Waals surface area contributed by atoms with Gasteiger partial charge in [0.2, 0.25) is 5.78 Å². The molecule has 1 atom stereocenters. The Bertz CT molecular complexity index is 1300. The van der Waals surface area contributed by atoms with Crippen molar-refractivity contribution in [2.24, 2.45) is 0 Å². The van der Waals surface area contributed by atoms with E-state index in [1.165, 1.54) is 54.7 Å². The third kappa shape index (κ3) is 4.60. The summed E-state index contributed by atoms with van der Waals surface area (Å²) < 4.78 is 10.6. The number of ether oxygens (including phenoxy) is 2. The van der Waals surface area contributed by atoms with Crippen LogP contribution in [0.15, 0.2) is 71.3 Å². The van der Waals surface area contributed by atoms with Crippen LogP contribution >= 0.6 is 11.3 Å². The summed E-state index contributed by atoms with van der Waals surface area (Å²) in [5.74, 6) is -0.629. The van der Waals surface area contributed by atoms with Crippen LogP contribution < -0.4 is 9.47 Å². The Morgan fingerprint density at radius 2 is 1.83 bits per heavy atom. The summed E-state index contributed by atoms with van der Waals surface area (Å²) in [6.45, 7) is 0.182. The van der Waals surface area contributed by atoms with Crippen molar-refractivity contribution < 1.29 is 29.1 Å². The first-order valence-electron chi connectivity index (χ1n) is 10.6. The Hall–Kier alpha value is -4.18. The number of aliphatic hydroxyl groups is 1. The predicted molar refractivity (Wildman–Crippen MR) is 129 cm³/mol. The van der Waals surface area contributed by atoms with Gasteiger partial charge in [0.25, 0.3) is 11.6 Å². The van der Waals surface area contributed by atoms with Crippen molar-refractivity contribution in [2.45, 2.75) is 12.5 Å². The number of methoxy groups -OCH3 is 2. The van der Waals surface area contributed by atoms with Crippen LogP contribution in [0.4, 0.5) is 5.69 Å². The topological polar surface area (TPSA) is 119 Å². The summed E-state index contributed by atoms with van der Waals surface area (Å²) in [6.07, 6.45) is 0.406. The van der Waals surface area contributed by atoms with Gasteiger partial charge in [-0.2, -0.15) is 0 Å². The Kier molecular flexibility index (Phi) is 6.83. The lowest BCUT2D eigenvalue weighted by Crippen LogP contribution is -2.33. The highest BCUT2D eigenvalue weighted by Gasteiger charge is 2.43. The molecule has 3 aromatic rings. The van der Waals surface area contributed by atoms with E-state index in [1.54, 1.807) is 29.6 Å². The third-order valence-corrected chi connectivity index (χ3v) is 6.67. The van der Waals surface area contributed by atoms with Crippen LogP contribution in [0.3, 0.4) is 0 Å². The lowest BCUT2D eigenvalue weighted by Gasteiger charge is -2.27. The van der Waals surface area contributed by atoms with Gasteiger partial charge >= 0.3 is 0 Å². The van der Waals surface area contributed by atoms with Crippen LogP contribution in [0, 0.1) is 10.1 Å². The van der Waals surface area contributed by atoms with E-state index in [2.05, 4.69) is 0 Å². The van der Waals surface area contributed by atoms with Gasteiger partial charge in [-0.05, 0) is 53.3 Å². The van der Waals surface area contributed by atoms with E-state index in [4.69, 9.17) is 9.47 Å². The van der Waals surface area contributed by atoms with Crippen molar-refractivity contribution in [1.29, 1.82) is 0 Å². The zero-order valence-electron chi connectivity index (χ0n) is 19.0. The van der Waals surface area contributed by atoms with Crippen LogP contribution in [-0.2, 0) is 11.2 Å². The van der Waals surface area contributed by atoms with Crippen LogP contribution in [0.5, 0.6) is 11.5 Å². The fraction of sp³-hybridized carbons (Fsp3) is 0.200. The largest absolute Gasteiger partial charge is 0.503 e. The predicted octanol–water partition coefficient (Wildman–Crippen LogP) is 4.49. The van der Waals surface area contributed by atoms with Gasteiger partial charge in [-0.25, -0.2) is 0 Å². The molecule has 0 saturated carbocycles. The number of non-ortho nitro benzene ring substituents is 1. The summed E-state index contributed by atoms with van der Waals surface area (Å²) in [4.78, 5) is 38.8. The molecule has 180 valence electrons. The maximum atomic E-state index is 13.3. The highest BCUT2D eigenvalue weighted by Crippen LogP contribution is 2.40. The maximum absolute atomic E-state index is 13.3. The minimum atomic E-state index is -0.891. The second kappa shape index (κ2) is 9.98. The number of hydrogen-bond donors (Lipinski definition) is 1. The van der Waals surface area contributed by atoms with Gasteiger partial charge in [-0.15, -0.1) is 11.3 Å². The first kappa shape index (κ1) is 24.0. The molecule has 0 spiro atoms. The van der Waals surface area contributed by atoms with Crippen LogP contribution in [0.2, 0.25) is 0 Å². The van der Waals surface area contributed by atoms with Crippen molar-refractivity contribution >= 4 is 28.7 Å². The highest BCUT2D eigenvalue weighted by molar-refractivity contribution is 7.12. The van der Waals surface area contributed by atoms with Crippen molar-refractivity contribution in [2.75, 3.05) is 20.8 Å². The molecule has 0 fully saturated rings. The lowest BCUT2D eigenvalue weighted by atomic mass is 9.95. The number of nitrogens with zero attached hydrogens (tertiary/aromatic N) is 2. The Morgan fingerprint density at radius 3 is 2.43 bits per heavy atom. The Labute approximate surface area is 205 Å². The number of carbonyl (C=O) groups excluding carboxylic acids is 2. The molecule has 2 heterocycles. The minimum absolute atomic E-state index is 0.0429. The fourth-order valence-electron chi connectivity index (χ4n) is 4.07. The van der Waals surface area contributed by atoms with E-state index in [0.29, 0.717) is 28.4 Å². The summed E-state index contributed by atoms with van der Waals surface area (Å²) in [7, 11) is 3.07. The quantitative estimate of drug-likeness (QED) is 0.264.